The van der Waals surface area contributed by atoms with Gasteiger partial charge in [0.15, 0.2) is 0 Å². The summed E-state index contributed by atoms with van der Waals surface area (Å²) in [5.41, 5.74) is 1.92. The third kappa shape index (κ3) is 3.61. The summed E-state index contributed by atoms with van der Waals surface area (Å²) in [7, 11) is 0. The lowest BCUT2D eigenvalue weighted by molar-refractivity contribution is 0.0748. The van der Waals surface area contributed by atoms with E-state index in [-0.39, 0.29) is 6.10 Å². The Labute approximate surface area is 154 Å². The average Bonchev–Trinajstić information content (AvgIpc) is 3.20. The lowest BCUT2D eigenvalue weighted by atomic mass is 9.84. The molecule has 0 radical (unpaired) electrons. The topological polar surface area (TPSA) is 83.0 Å². The fourth-order valence-electron chi connectivity index (χ4n) is 3.25. The largest absolute Gasteiger partial charge is 0.393 e. The highest BCUT2D eigenvalue weighted by atomic mass is 32.1. The third-order valence-electron chi connectivity index (χ3n) is 4.63. The van der Waals surface area contributed by atoms with Crippen LogP contribution in [0.3, 0.4) is 0 Å². The zero-order valence-corrected chi connectivity index (χ0v) is 15.8. The molecule has 3 heterocycles. The first-order valence-corrected chi connectivity index (χ1v) is 10.1. The van der Waals surface area contributed by atoms with E-state index in [0.29, 0.717) is 17.9 Å². The summed E-state index contributed by atoms with van der Waals surface area (Å²) >= 11 is 3.06. The lowest BCUT2D eigenvalue weighted by Gasteiger charge is -2.31. The molecule has 6 nitrogen and oxygen atoms in total. The van der Waals surface area contributed by atoms with Crippen molar-refractivity contribution in [1.29, 1.82) is 0 Å². The Balaban J connectivity index is 1.60. The first-order chi connectivity index (χ1) is 12.1. The fourth-order valence-corrected chi connectivity index (χ4v) is 4.69. The smallest absolute Gasteiger partial charge is 0.230 e. The Morgan fingerprint density at radius 2 is 2.16 bits per heavy atom. The molecule has 1 aliphatic rings. The Morgan fingerprint density at radius 1 is 1.28 bits per heavy atom. The molecule has 0 aromatic carbocycles. The van der Waals surface area contributed by atoms with Crippen LogP contribution in [0.4, 0.5) is 16.8 Å². The van der Waals surface area contributed by atoms with E-state index >= 15 is 0 Å². The highest BCUT2D eigenvalue weighted by Crippen LogP contribution is 2.32. The van der Waals surface area contributed by atoms with E-state index in [0.717, 1.165) is 46.0 Å². The molecule has 3 unspecified atom stereocenters. The van der Waals surface area contributed by atoms with Crippen LogP contribution in [0.5, 0.6) is 0 Å². The zero-order chi connectivity index (χ0) is 17.4. The van der Waals surface area contributed by atoms with Gasteiger partial charge in [0.2, 0.25) is 5.95 Å². The molecule has 8 heteroatoms. The molecule has 0 amide bonds. The predicted octanol–water partition coefficient (Wildman–Crippen LogP) is 4.16. The Kier molecular flexibility index (Phi) is 4.58. The van der Waals surface area contributed by atoms with Crippen molar-refractivity contribution < 1.29 is 5.11 Å². The van der Waals surface area contributed by atoms with Crippen LogP contribution in [0.25, 0.3) is 10.2 Å². The van der Waals surface area contributed by atoms with Crippen molar-refractivity contribution in [3.63, 3.8) is 0 Å². The lowest BCUT2D eigenvalue weighted by Crippen LogP contribution is -2.34. The molecular weight excluding hydrogens is 354 g/mol. The van der Waals surface area contributed by atoms with Crippen molar-refractivity contribution in [2.75, 3.05) is 10.6 Å². The van der Waals surface area contributed by atoms with Gasteiger partial charge < -0.3 is 15.7 Å². The summed E-state index contributed by atoms with van der Waals surface area (Å²) in [6.07, 6.45) is 2.56. The monoisotopic (exact) mass is 375 g/mol. The van der Waals surface area contributed by atoms with Crippen LogP contribution in [-0.4, -0.2) is 31.6 Å². The first kappa shape index (κ1) is 16.7. The Hall–Kier alpha value is -1.77. The van der Waals surface area contributed by atoms with Gasteiger partial charge in [-0.05, 0) is 61.1 Å². The van der Waals surface area contributed by atoms with Crippen molar-refractivity contribution >= 4 is 49.9 Å². The minimum atomic E-state index is -0.183. The molecule has 1 fully saturated rings. The summed E-state index contributed by atoms with van der Waals surface area (Å²) in [6.45, 7) is 4.08. The van der Waals surface area contributed by atoms with Crippen molar-refractivity contribution in [2.45, 2.75) is 45.3 Å². The van der Waals surface area contributed by atoms with Gasteiger partial charge in [0.05, 0.1) is 22.0 Å². The second-order valence-electron chi connectivity index (χ2n) is 6.69. The second kappa shape index (κ2) is 6.86. The van der Waals surface area contributed by atoms with Crippen LogP contribution in [0, 0.1) is 12.8 Å². The highest BCUT2D eigenvalue weighted by molar-refractivity contribution is 7.17. The van der Waals surface area contributed by atoms with Gasteiger partial charge in [0, 0.05) is 6.04 Å². The van der Waals surface area contributed by atoms with Gasteiger partial charge in [-0.25, -0.2) is 4.98 Å². The van der Waals surface area contributed by atoms with Crippen LogP contribution in [-0.2, 0) is 0 Å². The highest BCUT2D eigenvalue weighted by Gasteiger charge is 2.26. The van der Waals surface area contributed by atoms with Crippen LogP contribution in [0.2, 0.25) is 0 Å². The molecule has 3 aromatic heterocycles. The standard InChI is InChI=1S/C17H21N5OS2/c1-9-7-11(3-4-13(9)23)18-16-15-12(5-6-24-15)19-17(21-16)20-14-8-10(2)22-25-14/h5-6,8-9,11,13,23H,3-4,7H2,1-2H3,(H2,18,19,20,21). The van der Waals surface area contributed by atoms with Crippen LogP contribution < -0.4 is 10.6 Å². The molecule has 1 aliphatic carbocycles. The number of anilines is 3. The molecular formula is C17H21N5OS2. The van der Waals surface area contributed by atoms with E-state index in [2.05, 4.69) is 26.9 Å². The number of aliphatic hydroxyl groups is 1. The van der Waals surface area contributed by atoms with E-state index < -0.39 is 0 Å². The number of aryl methyl sites for hydroxylation is 1. The number of aliphatic hydroxyl groups excluding tert-OH is 1. The van der Waals surface area contributed by atoms with Gasteiger partial charge >= 0.3 is 0 Å². The maximum Gasteiger partial charge on any atom is 0.230 e. The number of aromatic nitrogens is 3. The van der Waals surface area contributed by atoms with Gasteiger partial charge in [-0.1, -0.05) is 6.92 Å². The van der Waals surface area contributed by atoms with E-state index in [1.165, 1.54) is 11.5 Å². The molecule has 0 bridgehead atoms. The maximum atomic E-state index is 9.94. The fraction of sp³-hybridized carbons (Fsp3) is 0.471. The number of rotatable bonds is 4. The maximum absolute atomic E-state index is 9.94. The Morgan fingerprint density at radius 3 is 2.92 bits per heavy atom. The quantitative estimate of drug-likeness (QED) is 0.635. The summed E-state index contributed by atoms with van der Waals surface area (Å²) in [6, 6.07) is 4.34. The van der Waals surface area contributed by atoms with Gasteiger partial charge in [-0.2, -0.15) is 9.36 Å². The Bertz CT molecular complexity index is 877. The zero-order valence-electron chi connectivity index (χ0n) is 14.2. The molecule has 25 heavy (non-hydrogen) atoms. The van der Waals surface area contributed by atoms with E-state index in [1.807, 2.05) is 24.4 Å². The summed E-state index contributed by atoms with van der Waals surface area (Å²) < 4.78 is 5.36. The molecule has 4 rings (SSSR count). The minimum absolute atomic E-state index is 0.183. The number of hydrogen-bond donors (Lipinski definition) is 3. The van der Waals surface area contributed by atoms with Crippen LogP contribution in [0.15, 0.2) is 17.5 Å². The summed E-state index contributed by atoms with van der Waals surface area (Å²) in [5, 5.41) is 19.8. The van der Waals surface area contributed by atoms with Crippen molar-refractivity contribution in [3.05, 3.63) is 23.2 Å². The molecule has 1 saturated carbocycles. The van der Waals surface area contributed by atoms with Crippen molar-refractivity contribution in [3.8, 4) is 0 Å². The SMILES string of the molecule is Cc1cc(Nc2nc(NC3CCC(O)C(C)C3)c3sccc3n2)sn1. The van der Waals surface area contributed by atoms with Crippen molar-refractivity contribution in [1.82, 2.24) is 14.3 Å². The molecule has 0 aliphatic heterocycles. The summed E-state index contributed by atoms with van der Waals surface area (Å²) in [4.78, 5) is 9.32. The van der Waals surface area contributed by atoms with E-state index in [1.54, 1.807) is 11.3 Å². The van der Waals surface area contributed by atoms with Gasteiger partial charge in [-0.15, -0.1) is 11.3 Å². The predicted molar refractivity (Wildman–Crippen MR) is 104 cm³/mol. The number of nitrogens with zero attached hydrogens (tertiary/aromatic N) is 3. The second-order valence-corrected chi connectivity index (χ2v) is 8.41. The number of fused-ring (bicyclic) bond motifs is 1. The van der Waals surface area contributed by atoms with Crippen molar-refractivity contribution in [2.24, 2.45) is 5.92 Å². The van der Waals surface area contributed by atoms with Crippen LogP contribution >= 0.6 is 22.9 Å². The van der Waals surface area contributed by atoms with Gasteiger partial charge in [-0.3, -0.25) is 0 Å². The van der Waals surface area contributed by atoms with Crippen LogP contribution in [0.1, 0.15) is 31.9 Å². The minimum Gasteiger partial charge on any atom is -0.393 e. The first-order valence-electron chi connectivity index (χ1n) is 8.48. The number of thiophene rings is 1. The molecule has 3 N–H and O–H groups in total. The van der Waals surface area contributed by atoms with Gasteiger partial charge in [0.1, 0.15) is 10.8 Å². The third-order valence-corrected chi connectivity index (χ3v) is 6.34. The van der Waals surface area contributed by atoms with Gasteiger partial charge in [0.25, 0.3) is 0 Å². The molecule has 0 saturated heterocycles. The number of hydrogen-bond acceptors (Lipinski definition) is 8. The molecule has 3 aromatic rings. The van der Waals surface area contributed by atoms with E-state index in [4.69, 9.17) is 4.98 Å². The summed E-state index contributed by atoms with van der Waals surface area (Å²) in [5.74, 6) is 1.77. The normalized spacial score (nSPS) is 23.7. The van der Waals surface area contributed by atoms with E-state index in [9.17, 15) is 5.11 Å². The molecule has 0 spiro atoms. The molecule has 3 atom stereocenters. The number of nitrogens with one attached hydrogen (secondary N) is 2. The average molecular weight is 376 g/mol. The molecule has 132 valence electrons.